The summed E-state index contributed by atoms with van der Waals surface area (Å²) in [7, 11) is 0. The van der Waals surface area contributed by atoms with Gasteiger partial charge >= 0.3 is 6.09 Å². The molecule has 2 unspecified atom stereocenters. The molecule has 0 aliphatic heterocycles. The van der Waals surface area contributed by atoms with Gasteiger partial charge in [-0.1, -0.05) is 6.92 Å². The highest BCUT2D eigenvalue weighted by Gasteiger charge is 2.32. The van der Waals surface area contributed by atoms with Crippen LogP contribution in [0, 0.1) is 11.3 Å². The largest absolute Gasteiger partial charge is 0.444 e. The van der Waals surface area contributed by atoms with Gasteiger partial charge in [0.1, 0.15) is 11.6 Å². The van der Waals surface area contributed by atoms with Crippen LogP contribution in [-0.2, 0) is 4.74 Å². The van der Waals surface area contributed by atoms with Gasteiger partial charge in [0, 0.05) is 11.6 Å². The van der Waals surface area contributed by atoms with Gasteiger partial charge < -0.3 is 9.64 Å². The first kappa shape index (κ1) is 19.7. The van der Waals surface area contributed by atoms with Crippen LogP contribution < -0.4 is 5.32 Å². The maximum absolute atomic E-state index is 12.4. The standard InChI is InChI=1S/C16H31N3O2/c1-9-12(2)18-13(10-17)11-19(15(3,4)5)14(20)21-16(6,7)8/h12-13,18H,9,11H2,1-8H3. The van der Waals surface area contributed by atoms with E-state index >= 15 is 0 Å². The normalized spacial score (nSPS) is 15.0. The van der Waals surface area contributed by atoms with Crippen molar-refractivity contribution in [3.05, 3.63) is 0 Å². The van der Waals surface area contributed by atoms with Crippen molar-refractivity contribution in [1.82, 2.24) is 10.2 Å². The second-order valence-corrected chi connectivity index (χ2v) is 7.42. The number of nitriles is 1. The van der Waals surface area contributed by atoms with Crippen LogP contribution in [0.4, 0.5) is 4.79 Å². The molecule has 0 heterocycles. The molecule has 5 nitrogen and oxygen atoms in total. The Labute approximate surface area is 129 Å². The number of amides is 1. The molecule has 0 aromatic rings. The second-order valence-electron chi connectivity index (χ2n) is 7.42. The number of carbonyl (C=O) groups excluding carboxylic acids is 1. The van der Waals surface area contributed by atoms with E-state index in [1.807, 2.05) is 48.5 Å². The highest BCUT2D eigenvalue weighted by atomic mass is 16.6. The quantitative estimate of drug-likeness (QED) is 0.845. The highest BCUT2D eigenvalue weighted by molar-refractivity contribution is 5.69. The van der Waals surface area contributed by atoms with Crippen LogP contribution in [0.1, 0.15) is 61.8 Å². The molecule has 0 radical (unpaired) electrons. The lowest BCUT2D eigenvalue weighted by atomic mass is 10.1. The molecular formula is C16H31N3O2. The van der Waals surface area contributed by atoms with Crippen LogP contribution >= 0.6 is 0 Å². The van der Waals surface area contributed by atoms with Crippen LogP contribution in [0.2, 0.25) is 0 Å². The lowest BCUT2D eigenvalue weighted by molar-refractivity contribution is 0.00484. The van der Waals surface area contributed by atoms with E-state index < -0.39 is 17.2 Å². The van der Waals surface area contributed by atoms with Crippen molar-refractivity contribution in [2.45, 2.75) is 85.0 Å². The molecule has 1 amide bonds. The molecule has 0 aromatic carbocycles. The van der Waals surface area contributed by atoms with Gasteiger partial charge in [0.25, 0.3) is 0 Å². The number of nitrogens with zero attached hydrogens (tertiary/aromatic N) is 2. The van der Waals surface area contributed by atoms with Gasteiger partial charge in [-0.3, -0.25) is 5.32 Å². The smallest absolute Gasteiger partial charge is 0.410 e. The molecule has 0 saturated heterocycles. The molecule has 0 bridgehead atoms. The first-order chi connectivity index (χ1) is 9.40. The second kappa shape index (κ2) is 7.65. The fourth-order valence-electron chi connectivity index (χ4n) is 1.71. The van der Waals surface area contributed by atoms with Crippen molar-refractivity contribution in [1.29, 1.82) is 5.26 Å². The van der Waals surface area contributed by atoms with Gasteiger partial charge in [-0.05, 0) is 54.9 Å². The Kier molecular flexibility index (Phi) is 7.18. The predicted octanol–water partition coefficient (Wildman–Crippen LogP) is 3.30. The number of hydrogen-bond acceptors (Lipinski definition) is 4. The van der Waals surface area contributed by atoms with E-state index in [9.17, 15) is 10.1 Å². The van der Waals surface area contributed by atoms with Crippen LogP contribution in [-0.4, -0.2) is 40.8 Å². The molecule has 0 fully saturated rings. The summed E-state index contributed by atoms with van der Waals surface area (Å²) < 4.78 is 5.45. The van der Waals surface area contributed by atoms with Crippen molar-refractivity contribution < 1.29 is 9.53 Å². The van der Waals surface area contributed by atoms with Crippen LogP contribution in [0.25, 0.3) is 0 Å². The third kappa shape index (κ3) is 7.91. The van der Waals surface area contributed by atoms with Gasteiger partial charge in [-0.15, -0.1) is 0 Å². The van der Waals surface area contributed by atoms with E-state index in [1.165, 1.54) is 0 Å². The van der Waals surface area contributed by atoms with Crippen molar-refractivity contribution in [3.63, 3.8) is 0 Å². The molecule has 0 aliphatic carbocycles. The Morgan fingerprint density at radius 2 is 1.81 bits per heavy atom. The molecule has 0 aromatic heterocycles. The summed E-state index contributed by atoms with van der Waals surface area (Å²) in [5.74, 6) is 0. The number of ether oxygens (including phenoxy) is 1. The Balaban J connectivity index is 5.01. The topological polar surface area (TPSA) is 65.4 Å². The molecule has 122 valence electrons. The van der Waals surface area contributed by atoms with Crippen molar-refractivity contribution in [2.75, 3.05) is 6.54 Å². The maximum Gasteiger partial charge on any atom is 0.410 e. The zero-order valence-electron chi connectivity index (χ0n) is 14.8. The van der Waals surface area contributed by atoms with Crippen molar-refractivity contribution >= 4 is 6.09 Å². The predicted molar refractivity (Wildman–Crippen MR) is 85.0 cm³/mol. The summed E-state index contributed by atoms with van der Waals surface area (Å²) in [6.45, 7) is 15.7. The van der Waals surface area contributed by atoms with Gasteiger partial charge in [0.15, 0.2) is 0 Å². The first-order valence-electron chi connectivity index (χ1n) is 7.57. The number of rotatable bonds is 5. The van der Waals surface area contributed by atoms with E-state index in [0.717, 1.165) is 6.42 Å². The first-order valence-corrected chi connectivity index (χ1v) is 7.57. The number of carbonyl (C=O) groups is 1. The SMILES string of the molecule is CCC(C)NC(C#N)CN(C(=O)OC(C)(C)C)C(C)(C)C. The van der Waals surface area contributed by atoms with E-state index in [1.54, 1.807) is 4.90 Å². The van der Waals surface area contributed by atoms with Crippen LogP contribution in [0.15, 0.2) is 0 Å². The molecule has 0 saturated carbocycles. The molecule has 0 aliphatic rings. The van der Waals surface area contributed by atoms with Gasteiger partial charge in [-0.2, -0.15) is 5.26 Å². The summed E-state index contributed by atoms with van der Waals surface area (Å²) in [6.07, 6.45) is 0.543. The van der Waals surface area contributed by atoms with Crippen LogP contribution in [0.3, 0.4) is 0 Å². The average molecular weight is 297 g/mol. The molecule has 0 rings (SSSR count). The monoisotopic (exact) mass is 297 g/mol. The lowest BCUT2D eigenvalue weighted by Crippen LogP contribution is -2.54. The molecule has 21 heavy (non-hydrogen) atoms. The minimum atomic E-state index is -0.549. The highest BCUT2D eigenvalue weighted by Crippen LogP contribution is 2.19. The van der Waals surface area contributed by atoms with Crippen molar-refractivity contribution in [3.8, 4) is 6.07 Å². The Bertz CT molecular complexity index is 374. The molecular weight excluding hydrogens is 266 g/mol. The van der Waals surface area contributed by atoms with E-state index in [0.29, 0.717) is 6.54 Å². The Hall–Kier alpha value is -1.28. The minimum Gasteiger partial charge on any atom is -0.444 e. The molecule has 5 heteroatoms. The Morgan fingerprint density at radius 3 is 2.14 bits per heavy atom. The molecule has 0 spiro atoms. The fourth-order valence-corrected chi connectivity index (χ4v) is 1.71. The summed E-state index contributed by atoms with van der Waals surface area (Å²) in [6, 6.07) is 2.05. The van der Waals surface area contributed by atoms with Gasteiger partial charge in [-0.25, -0.2) is 4.79 Å². The lowest BCUT2D eigenvalue weighted by Gasteiger charge is -2.38. The third-order valence-electron chi connectivity index (χ3n) is 3.04. The average Bonchev–Trinajstić information content (AvgIpc) is 2.29. The van der Waals surface area contributed by atoms with E-state index in [4.69, 9.17) is 4.74 Å². The molecule has 1 N–H and O–H groups in total. The summed E-state index contributed by atoms with van der Waals surface area (Å²) in [4.78, 5) is 14.0. The molecule has 2 atom stereocenters. The maximum atomic E-state index is 12.4. The Morgan fingerprint density at radius 1 is 1.29 bits per heavy atom. The third-order valence-corrected chi connectivity index (χ3v) is 3.04. The zero-order chi connectivity index (χ0) is 16.8. The number of hydrogen-bond donors (Lipinski definition) is 1. The summed E-state index contributed by atoms with van der Waals surface area (Å²) in [5, 5.41) is 12.5. The number of nitrogens with one attached hydrogen (secondary N) is 1. The summed E-state index contributed by atoms with van der Waals surface area (Å²) in [5.41, 5.74) is -0.957. The van der Waals surface area contributed by atoms with Crippen molar-refractivity contribution in [2.24, 2.45) is 0 Å². The van der Waals surface area contributed by atoms with E-state index in [2.05, 4.69) is 18.3 Å². The summed E-state index contributed by atoms with van der Waals surface area (Å²) >= 11 is 0. The zero-order valence-corrected chi connectivity index (χ0v) is 14.8. The minimum absolute atomic E-state index is 0.232. The van der Waals surface area contributed by atoms with Crippen LogP contribution in [0.5, 0.6) is 0 Å². The fraction of sp³-hybridized carbons (Fsp3) is 0.875. The van der Waals surface area contributed by atoms with Gasteiger partial charge in [0.2, 0.25) is 0 Å². The van der Waals surface area contributed by atoms with Gasteiger partial charge in [0.05, 0.1) is 12.6 Å². The van der Waals surface area contributed by atoms with E-state index in [-0.39, 0.29) is 12.1 Å².